The van der Waals surface area contributed by atoms with Crippen LogP contribution in [0.3, 0.4) is 0 Å². The normalized spacial score (nSPS) is 15.9. The van der Waals surface area contributed by atoms with Gasteiger partial charge in [0, 0.05) is 5.02 Å². The molecule has 1 aliphatic heterocycles. The van der Waals surface area contributed by atoms with Gasteiger partial charge in [-0.05, 0) is 17.7 Å². The molecular formula is C10H5Cl2NO2. The van der Waals surface area contributed by atoms with Crippen LogP contribution in [-0.2, 0) is 9.59 Å². The van der Waals surface area contributed by atoms with Crippen LogP contribution in [0.25, 0.3) is 5.57 Å². The fraction of sp³-hybridized carbons (Fsp3) is 0. The van der Waals surface area contributed by atoms with Crippen LogP contribution in [-0.4, -0.2) is 11.8 Å². The Kier molecular flexibility index (Phi) is 2.50. The summed E-state index contributed by atoms with van der Waals surface area (Å²) in [6.07, 6.45) is 0. The molecule has 0 spiro atoms. The number of carbonyl (C=O) groups excluding carboxylic acids is 2. The average molecular weight is 242 g/mol. The van der Waals surface area contributed by atoms with Crippen molar-refractivity contribution in [2.75, 3.05) is 0 Å². The Balaban J connectivity index is 2.51. The van der Waals surface area contributed by atoms with Crippen LogP contribution in [0.5, 0.6) is 0 Å². The molecule has 0 aliphatic carbocycles. The largest absolute Gasteiger partial charge is 0.287 e. The van der Waals surface area contributed by atoms with E-state index >= 15 is 0 Å². The third-order valence-corrected chi connectivity index (χ3v) is 2.62. The number of nitrogens with one attached hydrogen (secondary N) is 1. The summed E-state index contributed by atoms with van der Waals surface area (Å²) in [6, 6.07) is 6.53. The summed E-state index contributed by atoms with van der Waals surface area (Å²) < 4.78 is 0. The molecule has 1 N–H and O–H groups in total. The summed E-state index contributed by atoms with van der Waals surface area (Å²) in [7, 11) is 0. The van der Waals surface area contributed by atoms with Crippen molar-refractivity contribution in [1.29, 1.82) is 0 Å². The molecule has 1 aliphatic rings. The molecule has 1 heterocycles. The zero-order valence-electron chi connectivity index (χ0n) is 7.38. The second-order valence-corrected chi connectivity index (χ2v) is 3.79. The van der Waals surface area contributed by atoms with Gasteiger partial charge in [0.15, 0.2) is 0 Å². The van der Waals surface area contributed by atoms with E-state index in [0.29, 0.717) is 10.6 Å². The lowest BCUT2D eigenvalue weighted by molar-refractivity contribution is -0.123. The predicted octanol–water partition coefficient (Wildman–Crippen LogP) is 1.95. The number of rotatable bonds is 1. The van der Waals surface area contributed by atoms with Crippen LogP contribution in [0, 0.1) is 0 Å². The SMILES string of the molecule is O=C1NC(=O)C(c2ccc(Cl)cc2)=C1Cl. The molecule has 0 aromatic heterocycles. The number of hydrogen-bond acceptors (Lipinski definition) is 2. The van der Waals surface area contributed by atoms with E-state index in [-0.39, 0.29) is 10.6 Å². The van der Waals surface area contributed by atoms with E-state index in [1.54, 1.807) is 24.3 Å². The zero-order valence-corrected chi connectivity index (χ0v) is 8.89. The van der Waals surface area contributed by atoms with Gasteiger partial charge in [0.1, 0.15) is 5.03 Å². The van der Waals surface area contributed by atoms with E-state index in [1.165, 1.54) is 0 Å². The molecule has 2 rings (SSSR count). The molecule has 1 aromatic carbocycles. The van der Waals surface area contributed by atoms with E-state index in [1.807, 2.05) is 0 Å². The smallest absolute Gasteiger partial charge is 0.270 e. The summed E-state index contributed by atoms with van der Waals surface area (Å²) in [4.78, 5) is 22.5. The van der Waals surface area contributed by atoms with Crippen LogP contribution in [0.1, 0.15) is 5.56 Å². The van der Waals surface area contributed by atoms with Crippen molar-refractivity contribution in [2.24, 2.45) is 0 Å². The summed E-state index contributed by atoms with van der Waals surface area (Å²) in [5.74, 6) is -1.04. The van der Waals surface area contributed by atoms with Crippen LogP contribution in [0.15, 0.2) is 29.3 Å². The van der Waals surface area contributed by atoms with Gasteiger partial charge in [0.25, 0.3) is 11.8 Å². The van der Waals surface area contributed by atoms with Crippen LogP contribution in [0.4, 0.5) is 0 Å². The Morgan fingerprint density at radius 1 is 0.933 bits per heavy atom. The topological polar surface area (TPSA) is 46.2 Å². The fourth-order valence-electron chi connectivity index (χ4n) is 1.31. The maximum atomic E-state index is 11.4. The minimum Gasteiger partial charge on any atom is -0.287 e. The standard InChI is InChI=1S/C10H5Cl2NO2/c11-6-3-1-5(2-4-6)7-8(12)10(15)13-9(7)14/h1-4H,(H,13,14,15). The van der Waals surface area contributed by atoms with Gasteiger partial charge in [-0.2, -0.15) is 0 Å². The number of carbonyl (C=O) groups is 2. The minimum atomic E-state index is -0.563. The van der Waals surface area contributed by atoms with Gasteiger partial charge in [-0.3, -0.25) is 14.9 Å². The molecule has 0 bridgehead atoms. The second-order valence-electron chi connectivity index (χ2n) is 2.98. The van der Waals surface area contributed by atoms with Crippen molar-refractivity contribution < 1.29 is 9.59 Å². The summed E-state index contributed by atoms with van der Waals surface area (Å²) in [6.45, 7) is 0. The van der Waals surface area contributed by atoms with E-state index < -0.39 is 11.8 Å². The fourth-order valence-corrected chi connectivity index (χ4v) is 1.68. The molecule has 0 saturated heterocycles. The molecule has 0 atom stereocenters. The first-order chi connectivity index (χ1) is 7.09. The van der Waals surface area contributed by atoms with E-state index in [9.17, 15) is 9.59 Å². The first-order valence-corrected chi connectivity index (χ1v) is 4.86. The van der Waals surface area contributed by atoms with Gasteiger partial charge in [-0.25, -0.2) is 0 Å². The average Bonchev–Trinajstić information content (AvgIpc) is 2.44. The van der Waals surface area contributed by atoms with Crippen molar-refractivity contribution in [2.45, 2.75) is 0 Å². The Morgan fingerprint density at radius 2 is 1.53 bits per heavy atom. The molecule has 5 heteroatoms. The lowest BCUT2D eigenvalue weighted by Gasteiger charge is -1.99. The van der Waals surface area contributed by atoms with Crippen LogP contribution < -0.4 is 5.32 Å². The van der Waals surface area contributed by atoms with E-state index in [2.05, 4.69) is 5.32 Å². The number of amides is 2. The maximum Gasteiger partial charge on any atom is 0.270 e. The quantitative estimate of drug-likeness (QED) is 0.765. The number of hydrogen-bond donors (Lipinski definition) is 1. The van der Waals surface area contributed by atoms with Crippen molar-refractivity contribution in [1.82, 2.24) is 5.32 Å². The summed E-state index contributed by atoms with van der Waals surface area (Å²) in [5.41, 5.74) is 0.770. The Morgan fingerprint density at radius 3 is 2.00 bits per heavy atom. The molecule has 0 saturated carbocycles. The van der Waals surface area contributed by atoms with Gasteiger partial charge < -0.3 is 0 Å². The van der Waals surface area contributed by atoms with E-state index in [0.717, 1.165) is 0 Å². The van der Waals surface area contributed by atoms with Gasteiger partial charge in [-0.15, -0.1) is 0 Å². The van der Waals surface area contributed by atoms with Crippen molar-refractivity contribution in [3.8, 4) is 0 Å². The number of halogens is 2. The first-order valence-electron chi connectivity index (χ1n) is 4.11. The van der Waals surface area contributed by atoms with Gasteiger partial charge in [0.05, 0.1) is 5.57 Å². The Bertz CT molecular complexity index is 477. The van der Waals surface area contributed by atoms with Crippen molar-refractivity contribution in [3.05, 3.63) is 39.9 Å². The number of imide groups is 1. The third kappa shape index (κ3) is 1.76. The zero-order chi connectivity index (χ0) is 11.0. The van der Waals surface area contributed by atoms with Crippen LogP contribution >= 0.6 is 23.2 Å². The number of benzene rings is 1. The van der Waals surface area contributed by atoms with Gasteiger partial charge in [-0.1, -0.05) is 35.3 Å². The monoisotopic (exact) mass is 241 g/mol. The molecule has 3 nitrogen and oxygen atoms in total. The van der Waals surface area contributed by atoms with Crippen molar-refractivity contribution in [3.63, 3.8) is 0 Å². The van der Waals surface area contributed by atoms with Crippen molar-refractivity contribution >= 4 is 40.6 Å². The molecule has 0 unspecified atom stereocenters. The highest BCUT2D eigenvalue weighted by Gasteiger charge is 2.29. The molecule has 2 amide bonds. The molecule has 15 heavy (non-hydrogen) atoms. The highest BCUT2D eigenvalue weighted by molar-refractivity contribution is 6.55. The molecule has 0 fully saturated rings. The Hall–Kier alpha value is -1.32. The molecule has 76 valence electrons. The summed E-state index contributed by atoms with van der Waals surface area (Å²) >= 11 is 11.4. The maximum absolute atomic E-state index is 11.4. The Labute approximate surface area is 95.7 Å². The molecule has 0 radical (unpaired) electrons. The molecule has 1 aromatic rings. The lowest BCUT2D eigenvalue weighted by atomic mass is 10.1. The summed E-state index contributed by atoms with van der Waals surface area (Å²) in [5, 5.41) is 2.59. The second kappa shape index (κ2) is 3.68. The highest BCUT2D eigenvalue weighted by Crippen LogP contribution is 2.27. The third-order valence-electron chi connectivity index (χ3n) is 2.01. The van der Waals surface area contributed by atoms with E-state index in [4.69, 9.17) is 23.2 Å². The molecular weight excluding hydrogens is 237 g/mol. The van der Waals surface area contributed by atoms with Gasteiger partial charge >= 0.3 is 0 Å². The first kappa shape index (κ1) is 10.2. The van der Waals surface area contributed by atoms with Crippen LogP contribution in [0.2, 0.25) is 5.02 Å². The van der Waals surface area contributed by atoms with Gasteiger partial charge in [0.2, 0.25) is 0 Å². The minimum absolute atomic E-state index is 0.0812. The lowest BCUT2D eigenvalue weighted by Crippen LogP contribution is -2.22. The highest BCUT2D eigenvalue weighted by atomic mass is 35.5. The predicted molar refractivity (Wildman–Crippen MR) is 57.4 cm³/mol.